The van der Waals surface area contributed by atoms with Crippen molar-refractivity contribution in [3.63, 3.8) is 0 Å². The minimum absolute atomic E-state index is 0.153. The first-order valence-electron chi connectivity index (χ1n) is 9.98. The summed E-state index contributed by atoms with van der Waals surface area (Å²) in [6, 6.07) is 14.5. The monoisotopic (exact) mass is 456 g/mol. The van der Waals surface area contributed by atoms with E-state index in [9.17, 15) is 13.2 Å². The average Bonchev–Trinajstić information content (AvgIpc) is 3.23. The Balaban J connectivity index is 1.40. The third-order valence-corrected chi connectivity index (χ3v) is 7.51. The van der Waals surface area contributed by atoms with Crippen LogP contribution in [0, 0.1) is 13.8 Å². The summed E-state index contributed by atoms with van der Waals surface area (Å²) in [6.45, 7) is 6.85. The molecule has 162 valence electrons. The van der Waals surface area contributed by atoms with Crippen molar-refractivity contribution in [1.29, 1.82) is 0 Å². The van der Waals surface area contributed by atoms with E-state index in [0.29, 0.717) is 13.1 Å². The first kappa shape index (κ1) is 21.3. The smallest absolute Gasteiger partial charge is 0.273 e. The molecule has 0 spiro atoms. The van der Waals surface area contributed by atoms with Gasteiger partial charge >= 0.3 is 0 Å². The summed E-state index contributed by atoms with van der Waals surface area (Å²) in [5.41, 5.74) is 3.90. The molecule has 1 aliphatic heterocycles. The van der Waals surface area contributed by atoms with Crippen LogP contribution >= 0.6 is 11.3 Å². The Morgan fingerprint density at radius 1 is 1.03 bits per heavy atom. The number of sulfonamides is 1. The third kappa shape index (κ3) is 4.72. The number of aryl methyl sites for hydroxylation is 2. The molecule has 1 aromatic heterocycles. The van der Waals surface area contributed by atoms with Crippen LogP contribution in [0.15, 0.2) is 58.8 Å². The van der Waals surface area contributed by atoms with Gasteiger partial charge in [-0.1, -0.05) is 30.3 Å². The lowest BCUT2D eigenvalue weighted by molar-refractivity contribution is 0.0741. The zero-order valence-electron chi connectivity index (χ0n) is 17.4. The fraction of sp³-hybridized carbons (Fsp3) is 0.273. The molecular weight excluding hydrogens is 432 g/mol. The molecule has 1 aliphatic rings. The van der Waals surface area contributed by atoms with Gasteiger partial charge in [0.15, 0.2) is 5.13 Å². The van der Waals surface area contributed by atoms with Gasteiger partial charge in [0.05, 0.1) is 4.90 Å². The van der Waals surface area contributed by atoms with Crippen molar-refractivity contribution in [3.8, 4) is 0 Å². The molecule has 31 heavy (non-hydrogen) atoms. The van der Waals surface area contributed by atoms with E-state index >= 15 is 0 Å². The molecule has 4 rings (SSSR count). The molecule has 0 saturated carbocycles. The highest BCUT2D eigenvalue weighted by molar-refractivity contribution is 7.93. The van der Waals surface area contributed by atoms with Crippen LogP contribution in [0.1, 0.15) is 21.6 Å². The van der Waals surface area contributed by atoms with E-state index in [-0.39, 0.29) is 21.6 Å². The molecule has 1 saturated heterocycles. The molecule has 2 aromatic carbocycles. The first-order chi connectivity index (χ1) is 14.8. The molecule has 0 atom stereocenters. The minimum atomic E-state index is -3.73. The highest BCUT2D eigenvalue weighted by atomic mass is 32.2. The Kier molecular flexibility index (Phi) is 5.97. The topological polar surface area (TPSA) is 82.6 Å². The summed E-state index contributed by atoms with van der Waals surface area (Å²) in [7, 11) is -3.73. The summed E-state index contributed by atoms with van der Waals surface area (Å²) < 4.78 is 27.4. The quantitative estimate of drug-likeness (QED) is 0.635. The molecular formula is C22H24N4O3S2. The molecule has 1 amide bonds. The number of benzene rings is 2. The van der Waals surface area contributed by atoms with Crippen LogP contribution in [0.25, 0.3) is 0 Å². The van der Waals surface area contributed by atoms with Gasteiger partial charge in [-0.25, -0.2) is 13.4 Å². The molecule has 9 heteroatoms. The normalized spacial score (nSPS) is 14.5. The van der Waals surface area contributed by atoms with Gasteiger partial charge in [-0.05, 0) is 43.2 Å². The number of nitrogens with one attached hydrogen (secondary N) is 1. The number of aromatic nitrogens is 1. The largest absolute Gasteiger partial charge is 0.368 e. The van der Waals surface area contributed by atoms with Crippen molar-refractivity contribution in [2.45, 2.75) is 18.7 Å². The molecule has 1 N–H and O–H groups in total. The fourth-order valence-electron chi connectivity index (χ4n) is 3.56. The molecule has 0 aliphatic carbocycles. The highest BCUT2D eigenvalue weighted by Gasteiger charge is 2.25. The number of piperazine rings is 1. The van der Waals surface area contributed by atoms with Gasteiger partial charge in [0.2, 0.25) is 0 Å². The second kappa shape index (κ2) is 8.68. The van der Waals surface area contributed by atoms with Crippen LogP contribution in [0.3, 0.4) is 0 Å². The number of hydrogen-bond donors (Lipinski definition) is 1. The first-order valence-corrected chi connectivity index (χ1v) is 12.3. The highest BCUT2D eigenvalue weighted by Crippen LogP contribution is 2.24. The van der Waals surface area contributed by atoms with Crippen molar-refractivity contribution >= 4 is 38.1 Å². The fourth-order valence-corrected chi connectivity index (χ4v) is 5.52. The maximum absolute atomic E-state index is 12.9. The lowest BCUT2D eigenvalue weighted by Gasteiger charge is -2.36. The van der Waals surface area contributed by atoms with E-state index in [1.807, 2.05) is 0 Å². The lowest BCUT2D eigenvalue weighted by Crippen LogP contribution is -2.49. The van der Waals surface area contributed by atoms with Gasteiger partial charge in [0.25, 0.3) is 15.9 Å². The lowest BCUT2D eigenvalue weighted by atomic mass is 10.1. The van der Waals surface area contributed by atoms with E-state index in [2.05, 4.69) is 46.7 Å². The van der Waals surface area contributed by atoms with Crippen LogP contribution in [0.5, 0.6) is 0 Å². The average molecular weight is 457 g/mol. The molecule has 0 bridgehead atoms. The number of rotatable bonds is 5. The van der Waals surface area contributed by atoms with Gasteiger partial charge in [0.1, 0.15) is 5.69 Å². The summed E-state index contributed by atoms with van der Waals surface area (Å²) in [5.74, 6) is -0.179. The van der Waals surface area contributed by atoms with Crippen LogP contribution in [-0.2, 0) is 10.0 Å². The number of thiazole rings is 1. The maximum Gasteiger partial charge on any atom is 0.273 e. The van der Waals surface area contributed by atoms with Gasteiger partial charge < -0.3 is 9.80 Å². The second-order valence-electron chi connectivity index (χ2n) is 7.53. The second-order valence-corrected chi connectivity index (χ2v) is 10.1. The van der Waals surface area contributed by atoms with Crippen molar-refractivity contribution in [1.82, 2.24) is 9.88 Å². The van der Waals surface area contributed by atoms with E-state index in [1.165, 1.54) is 28.9 Å². The summed E-state index contributed by atoms with van der Waals surface area (Å²) >= 11 is 1.11. The Hall–Kier alpha value is -2.91. The van der Waals surface area contributed by atoms with Gasteiger partial charge in [-0.15, -0.1) is 11.3 Å². The van der Waals surface area contributed by atoms with Crippen molar-refractivity contribution < 1.29 is 13.2 Å². The van der Waals surface area contributed by atoms with Gasteiger partial charge in [-0.2, -0.15) is 0 Å². The number of amides is 1. The minimum Gasteiger partial charge on any atom is -0.368 e. The molecule has 0 radical (unpaired) electrons. The van der Waals surface area contributed by atoms with Gasteiger partial charge in [0, 0.05) is 37.2 Å². The van der Waals surface area contributed by atoms with Gasteiger partial charge in [-0.3, -0.25) is 9.52 Å². The Morgan fingerprint density at radius 3 is 2.45 bits per heavy atom. The molecule has 7 nitrogen and oxygen atoms in total. The number of carbonyl (C=O) groups is 1. The van der Waals surface area contributed by atoms with E-state index in [1.54, 1.807) is 28.5 Å². The number of anilines is 2. The zero-order chi connectivity index (χ0) is 22.0. The molecule has 3 aromatic rings. The number of hydrogen-bond acceptors (Lipinski definition) is 6. The standard InChI is InChI=1S/C22H24N4O3S2/c1-16-8-9-17(2)20(14-16)25-10-12-26(13-11-25)21(27)19-15-30-22(23-19)24-31(28,29)18-6-4-3-5-7-18/h3-9,14-15H,10-13H2,1-2H3,(H,23,24). The summed E-state index contributed by atoms with van der Waals surface area (Å²) in [6.07, 6.45) is 0. The van der Waals surface area contributed by atoms with Crippen LogP contribution < -0.4 is 9.62 Å². The Bertz CT molecular complexity index is 1180. The third-order valence-electron chi connectivity index (χ3n) is 5.27. The Labute approximate surface area is 186 Å². The number of carbonyl (C=O) groups excluding carboxylic acids is 1. The number of nitrogens with zero attached hydrogens (tertiary/aromatic N) is 3. The zero-order valence-corrected chi connectivity index (χ0v) is 19.0. The molecule has 2 heterocycles. The van der Waals surface area contributed by atoms with Crippen molar-refractivity contribution in [2.24, 2.45) is 0 Å². The van der Waals surface area contributed by atoms with E-state index < -0.39 is 10.0 Å². The molecule has 0 unspecified atom stereocenters. The predicted octanol–water partition coefficient (Wildman–Crippen LogP) is 3.52. The Morgan fingerprint density at radius 2 is 1.74 bits per heavy atom. The summed E-state index contributed by atoms with van der Waals surface area (Å²) in [4.78, 5) is 21.3. The maximum atomic E-state index is 12.9. The van der Waals surface area contributed by atoms with Crippen LogP contribution in [0.4, 0.5) is 10.8 Å². The van der Waals surface area contributed by atoms with Crippen molar-refractivity contribution in [3.05, 3.63) is 70.7 Å². The van der Waals surface area contributed by atoms with E-state index in [4.69, 9.17) is 0 Å². The van der Waals surface area contributed by atoms with Crippen LogP contribution in [-0.4, -0.2) is 50.4 Å². The van der Waals surface area contributed by atoms with Crippen molar-refractivity contribution in [2.75, 3.05) is 35.8 Å². The molecule has 1 fully saturated rings. The van der Waals surface area contributed by atoms with Crippen LogP contribution in [0.2, 0.25) is 0 Å². The summed E-state index contributed by atoms with van der Waals surface area (Å²) in [5, 5.41) is 1.78. The SMILES string of the molecule is Cc1ccc(C)c(N2CCN(C(=O)c3csc(NS(=O)(=O)c4ccccc4)n3)CC2)c1. The predicted molar refractivity (Wildman–Crippen MR) is 123 cm³/mol. The van der Waals surface area contributed by atoms with E-state index in [0.717, 1.165) is 24.4 Å².